The third-order valence-electron chi connectivity index (χ3n) is 6.86. The van der Waals surface area contributed by atoms with Crippen molar-refractivity contribution in [2.24, 2.45) is 10.5 Å². The van der Waals surface area contributed by atoms with Gasteiger partial charge in [0.25, 0.3) is 5.91 Å². The van der Waals surface area contributed by atoms with Crippen molar-refractivity contribution in [1.29, 1.82) is 0 Å². The Morgan fingerprint density at radius 2 is 1.79 bits per heavy atom. The average Bonchev–Trinajstić information content (AvgIpc) is 3.33. The summed E-state index contributed by atoms with van der Waals surface area (Å²) >= 11 is 0. The number of ether oxygens (including phenoxy) is 2. The fourth-order valence-electron chi connectivity index (χ4n) is 4.81. The van der Waals surface area contributed by atoms with Crippen LogP contribution >= 0.6 is 0 Å². The van der Waals surface area contributed by atoms with Crippen molar-refractivity contribution < 1.29 is 23.9 Å². The molecule has 0 spiro atoms. The smallest absolute Gasteiger partial charge is 0.254 e. The van der Waals surface area contributed by atoms with E-state index in [9.17, 15) is 14.4 Å². The van der Waals surface area contributed by atoms with Gasteiger partial charge in [0, 0.05) is 31.6 Å². The van der Waals surface area contributed by atoms with Gasteiger partial charge in [-0.2, -0.15) is 5.10 Å². The first-order valence-electron chi connectivity index (χ1n) is 11.5. The van der Waals surface area contributed by atoms with E-state index in [1.165, 1.54) is 0 Å². The fraction of sp³-hybridized carbons (Fsp3) is 0.583. The van der Waals surface area contributed by atoms with Crippen LogP contribution in [0.3, 0.4) is 0 Å². The van der Waals surface area contributed by atoms with Crippen LogP contribution in [-0.2, 0) is 14.4 Å². The van der Waals surface area contributed by atoms with Crippen molar-refractivity contribution in [2.45, 2.75) is 45.6 Å². The molecule has 0 bridgehead atoms. The van der Waals surface area contributed by atoms with Crippen molar-refractivity contribution in [3.63, 3.8) is 0 Å². The van der Waals surface area contributed by atoms with Crippen LogP contribution in [-0.4, -0.2) is 84.7 Å². The molecule has 33 heavy (non-hydrogen) atoms. The molecule has 9 heteroatoms. The minimum Gasteiger partial charge on any atom is -0.493 e. The number of methoxy groups -OCH3 is 2. The average molecular weight is 457 g/mol. The molecule has 0 radical (unpaired) electrons. The Balaban J connectivity index is 1.45. The van der Waals surface area contributed by atoms with E-state index in [1.54, 1.807) is 29.0 Å². The zero-order valence-corrected chi connectivity index (χ0v) is 19.8. The Hall–Kier alpha value is -3.10. The number of piperidine rings is 1. The molecule has 0 atom stereocenters. The first-order chi connectivity index (χ1) is 15.8. The first kappa shape index (κ1) is 23.1. The van der Waals surface area contributed by atoms with Crippen molar-refractivity contribution in [3.8, 4) is 11.5 Å². The summed E-state index contributed by atoms with van der Waals surface area (Å²) in [5.41, 5.74) is 0.735. The normalized spacial score (nSPS) is 21.0. The van der Waals surface area contributed by atoms with Crippen LogP contribution in [0.15, 0.2) is 23.3 Å². The van der Waals surface area contributed by atoms with Gasteiger partial charge in [0.05, 0.1) is 37.9 Å². The molecular formula is C24H32N4O5. The predicted octanol–water partition coefficient (Wildman–Crippen LogP) is 1.89. The Kier molecular flexibility index (Phi) is 6.32. The Labute approximate surface area is 194 Å². The van der Waals surface area contributed by atoms with Gasteiger partial charge in [0.1, 0.15) is 0 Å². The number of carbonyl (C=O) groups excluding carboxylic acids is 3. The maximum Gasteiger partial charge on any atom is 0.254 e. The molecule has 1 aromatic carbocycles. The van der Waals surface area contributed by atoms with Crippen LogP contribution in [0.25, 0.3) is 0 Å². The molecule has 1 aromatic rings. The quantitative estimate of drug-likeness (QED) is 0.652. The second-order valence-corrected chi connectivity index (χ2v) is 9.32. The van der Waals surface area contributed by atoms with Crippen molar-refractivity contribution in [2.75, 3.05) is 40.4 Å². The van der Waals surface area contributed by atoms with Crippen molar-refractivity contribution in [3.05, 3.63) is 23.8 Å². The van der Waals surface area contributed by atoms with Crippen LogP contribution in [0.5, 0.6) is 11.5 Å². The molecule has 0 unspecified atom stereocenters. The molecule has 9 nitrogen and oxygen atoms in total. The van der Waals surface area contributed by atoms with Crippen LogP contribution in [0.2, 0.25) is 0 Å². The highest BCUT2D eigenvalue weighted by Crippen LogP contribution is 2.37. The highest BCUT2D eigenvalue weighted by atomic mass is 16.5. The molecule has 3 amide bonds. The number of likely N-dealkylation sites (tertiary alicyclic amines) is 2. The maximum absolute atomic E-state index is 13.3. The van der Waals surface area contributed by atoms with Crippen LogP contribution in [0.1, 0.15) is 45.1 Å². The fourth-order valence-corrected chi connectivity index (χ4v) is 4.81. The van der Waals surface area contributed by atoms with Gasteiger partial charge in [-0.1, -0.05) is 0 Å². The molecule has 0 aromatic heterocycles. The molecule has 0 N–H and O–H groups in total. The Bertz CT molecular complexity index is 981. The van der Waals surface area contributed by atoms with Crippen LogP contribution in [0.4, 0.5) is 0 Å². The zero-order chi connectivity index (χ0) is 23.8. The van der Waals surface area contributed by atoms with Gasteiger partial charge in [-0.05, 0) is 51.3 Å². The van der Waals surface area contributed by atoms with Gasteiger partial charge in [-0.25, -0.2) is 5.01 Å². The highest BCUT2D eigenvalue weighted by Gasteiger charge is 2.47. The number of hydrogen-bond donors (Lipinski definition) is 0. The SMILES string of the molecule is COc1ccc(C2=NN(C3CCN(C(=O)CN4CCCC4=O)CC3)C(=O)C2(C)C)cc1OC. The summed E-state index contributed by atoms with van der Waals surface area (Å²) < 4.78 is 10.7. The first-order valence-corrected chi connectivity index (χ1v) is 11.5. The van der Waals surface area contributed by atoms with E-state index in [0.29, 0.717) is 56.1 Å². The molecule has 2 saturated heterocycles. The number of nitrogens with zero attached hydrogens (tertiary/aromatic N) is 4. The second kappa shape index (κ2) is 9.03. The minimum atomic E-state index is -0.775. The Morgan fingerprint density at radius 3 is 2.39 bits per heavy atom. The lowest BCUT2D eigenvalue weighted by molar-refractivity contribution is -0.141. The number of benzene rings is 1. The maximum atomic E-state index is 13.3. The monoisotopic (exact) mass is 456 g/mol. The summed E-state index contributed by atoms with van der Waals surface area (Å²) in [5, 5.41) is 6.37. The summed E-state index contributed by atoms with van der Waals surface area (Å²) in [7, 11) is 3.16. The third kappa shape index (κ3) is 4.28. The molecule has 3 aliphatic rings. The molecule has 0 aliphatic carbocycles. The van der Waals surface area contributed by atoms with Gasteiger partial charge < -0.3 is 19.3 Å². The molecule has 178 valence electrons. The van der Waals surface area contributed by atoms with Gasteiger partial charge in [-0.15, -0.1) is 0 Å². The van der Waals surface area contributed by atoms with Gasteiger partial charge in [-0.3, -0.25) is 14.4 Å². The topological polar surface area (TPSA) is 91.8 Å². The summed E-state index contributed by atoms with van der Waals surface area (Å²) in [6.45, 7) is 5.69. The lowest BCUT2D eigenvalue weighted by Gasteiger charge is -2.36. The number of rotatable bonds is 6. The predicted molar refractivity (Wildman–Crippen MR) is 122 cm³/mol. The number of hydrogen-bond acceptors (Lipinski definition) is 6. The lowest BCUT2D eigenvalue weighted by atomic mass is 9.83. The van der Waals surface area contributed by atoms with E-state index in [4.69, 9.17) is 14.6 Å². The van der Waals surface area contributed by atoms with Gasteiger partial charge >= 0.3 is 0 Å². The number of amides is 3. The van der Waals surface area contributed by atoms with E-state index < -0.39 is 5.41 Å². The summed E-state index contributed by atoms with van der Waals surface area (Å²) in [6.07, 6.45) is 2.67. The third-order valence-corrected chi connectivity index (χ3v) is 6.86. The van der Waals surface area contributed by atoms with Gasteiger partial charge in [0.15, 0.2) is 11.5 Å². The number of hydrazone groups is 1. The van der Waals surface area contributed by atoms with Crippen molar-refractivity contribution in [1.82, 2.24) is 14.8 Å². The van der Waals surface area contributed by atoms with Crippen LogP contribution in [0, 0.1) is 5.41 Å². The Morgan fingerprint density at radius 1 is 1.09 bits per heavy atom. The van der Waals surface area contributed by atoms with E-state index in [-0.39, 0.29) is 30.3 Å². The molecular weight excluding hydrogens is 424 g/mol. The lowest BCUT2D eigenvalue weighted by Crippen LogP contribution is -2.49. The molecule has 4 rings (SSSR count). The number of carbonyl (C=O) groups is 3. The largest absolute Gasteiger partial charge is 0.493 e. The van der Waals surface area contributed by atoms with E-state index >= 15 is 0 Å². The molecule has 3 heterocycles. The summed E-state index contributed by atoms with van der Waals surface area (Å²) in [6, 6.07) is 5.48. The van der Waals surface area contributed by atoms with E-state index in [2.05, 4.69) is 0 Å². The zero-order valence-electron chi connectivity index (χ0n) is 19.8. The summed E-state index contributed by atoms with van der Waals surface area (Å²) in [4.78, 5) is 41.2. The van der Waals surface area contributed by atoms with Crippen molar-refractivity contribution >= 4 is 23.4 Å². The standard InChI is InChI=1S/C24H32N4O5/c1-24(2)22(16-7-8-18(32-3)19(14-16)33-4)25-28(23(24)31)17-9-12-26(13-10-17)21(30)15-27-11-5-6-20(27)29/h7-8,14,17H,5-6,9-13,15H2,1-4H3. The minimum absolute atomic E-state index is 0.0219. The summed E-state index contributed by atoms with van der Waals surface area (Å²) in [5.74, 6) is 1.20. The molecule has 3 aliphatic heterocycles. The second-order valence-electron chi connectivity index (χ2n) is 9.32. The molecule has 2 fully saturated rings. The van der Waals surface area contributed by atoms with E-state index in [0.717, 1.165) is 12.0 Å². The van der Waals surface area contributed by atoms with Gasteiger partial charge in [0.2, 0.25) is 11.8 Å². The van der Waals surface area contributed by atoms with E-state index in [1.807, 2.05) is 32.0 Å². The van der Waals surface area contributed by atoms with Crippen LogP contribution < -0.4 is 9.47 Å². The highest BCUT2D eigenvalue weighted by molar-refractivity contribution is 6.19. The molecule has 0 saturated carbocycles.